The molecule has 0 aliphatic carbocycles. The fraction of sp³-hybridized carbons (Fsp3) is 0.111. The minimum atomic E-state index is -0.592. The van der Waals surface area contributed by atoms with Crippen LogP contribution in [-0.4, -0.2) is 28.3 Å². The third-order valence-electron chi connectivity index (χ3n) is 3.77. The molecule has 2 aromatic carbocycles. The normalized spacial score (nSPS) is 15.8. The van der Waals surface area contributed by atoms with Crippen molar-refractivity contribution in [3.05, 3.63) is 63.3 Å². The van der Waals surface area contributed by atoms with Crippen molar-refractivity contribution < 1.29 is 23.8 Å². The molecule has 1 N–H and O–H groups in total. The Labute approximate surface area is 158 Å². The Bertz CT molecular complexity index is 911. The number of aromatic hydroxyl groups is 1. The Balaban J connectivity index is 1.90. The van der Waals surface area contributed by atoms with Crippen molar-refractivity contribution >= 4 is 40.6 Å². The van der Waals surface area contributed by atoms with E-state index in [-0.39, 0.29) is 27.8 Å². The van der Waals surface area contributed by atoms with Gasteiger partial charge in [0, 0.05) is 16.1 Å². The number of ether oxygens (including phenoxy) is 1. The molecule has 1 heterocycles. The first-order valence-corrected chi connectivity index (χ1v) is 8.65. The fourth-order valence-electron chi connectivity index (χ4n) is 2.39. The molecule has 134 valence electrons. The molecule has 0 saturated carbocycles. The molecule has 0 spiro atoms. The van der Waals surface area contributed by atoms with E-state index in [9.17, 15) is 19.1 Å². The number of thioether (sulfide) groups is 1. The van der Waals surface area contributed by atoms with E-state index in [0.29, 0.717) is 23.1 Å². The number of carbonyl (C=O) groups is 2. The minimum absolute atomic E-state index is 0.0604. The molecule has 3 rings (SSSR count). The van der Waals surface area contributed by atoms with Crippen LogP contribution in [0.15, 0.2) is 41.3 Å². The van der Waals surface area contributed by atoms with Crippen LogP contribution >= 0.6 is 23.4 Å². The molecule has 0 radical (unpaired) electrons. The van der Waals surface area contributed by atoms with E-state index in [2.05, 4.69) is 0 Å². The minimum Gasteiger partial charge on any atom is -0.507 e. The zero-order chi connectivity index (χ0) is 18.8. The highest BCUT2D eigenvalue weighted by Gasteiger charge is 2.36. The summed E-state index contributed by atoms with van der Waals surface area (Å²) in [6.45, 7) is -0.266. The maximum Gasteiger partial charge on any atom is 0.293 e. The number of benzene rings is 2. The summed E-state index contributed by atoms with van der Waals surface area (Å²) >= 11 is 6.68. The molecule has 1 fully saturated rings. The average Bonchev–Trinajstić information content (AvgIpc) is 2.87. The second-order valence-electron chi connectivity index (χ2n) is 5.39. The Morgan fingerprint density at radius 1 is 1.31 bits per heavy atom. The molecule has 0 unspecified atom stereocenters. The molecule has 1 aliphatic heterocycles. The molecule has 2 aromatic rings. The summed E-state index contributed by atoms with van der Waals surface area (Å²) in [4.78, 5) is 25.8. The number of amides is 2. The van der Waals surface area contributed by atoms with Gasteiger partial charge in [0.15, 0.2) is 0 Å². The van der Waals surface area contributed by atoms with Gasteiger partial charge in [0.1, 0.15) is 17.3 Å². The first kappa shape index (κ1) is 18.3. The Morgan fingerprint density at radius 3 is 2.77 bits per heavy atom. The van der Waals surface area contributed by atoms with Gasteiger partial charge < -0.3 is 9.84 Å². The molecular formula is C18H13ClFNO4S. The van der Waals surface area contributed by atoms with E-state index >= 15 is 0 Å². The highest BCUT2D eigenvalue weighted by Crippen LogP contribution is 2.36. The van der Waals surface area contributed by atoms with Crippen LogP contribution in [0.3, 0.4) is 0 Å². The van der Waals surface area contributed by atoms with Gasteiger partial charge in [-0.25, -0.2) is 4.39 Å². The number of nitrogens with zero attached hydrogens (tertiary/aromatic N) is 1. The number of carbonyl (C=O) groups excluding carboxylic acids is 2. The molecule has 5 nitrogen and oxygen atoms in total. The monoisotopic (exact) mass is 393 g/mol. The van der Waals surface area contributed by atoms with Gasteiger partial charge in [-0.1, -0.05) is 17.7 Å². The number of imide groups is 1. The summed E-state index contributed by atoms with van der Waals surface area (Å²) < 4.78 is 19.0. The third-order valence-corrected chi connectivity index (χ3v) is 5.03. The highest BCUT2D eigenvalue weighted by atomic mass is 35.5. The SMILES string of the molecule is COc1ccc(O)c(/C=C2\SC(=O)N(Cc3c(F)cccc3Cl)C2=O)c1. The number of halogens is 2. The molecular weight excluding hydrogens is 381 g/mol. The summed E-state index contributed by atoms with van der Waals surface area (Å²) in [5.41, 5.74) is 0.403. The van der Waals surface area contributed by atoms with E-state index in [1.165, 1.54) is 43.5 Å². The number of methoxy groups -OCH3 is 1. The van der Waals surface area contributed by atoms with Gasteiger partial charge in [-0.3, -0.25) is 14.5 Å². The predicted molar refractivity (Wildman–Crippen MR) is 97.6 cm³/mol. The number of rotatable bonds is 4. The lowest BCUT2D eigenvalue weighted by Gasteiger charge is -2.14. The lowest BCUT2D eigenvalue weighted by Crippen LogP contribution is -2.28. The number of phenolic OH excluding ortho intramolecular Hbond substituents is 1. The topological polar surface area (TPSA) is 66.8 Å². The van der Waals surface area contributed by atoms with Crippen molar-refractivity contribution in [2.75, 3.05) is 7.11 Å². The molecule has 8 heteroatoms. The van der Waals surface area contributed by atoms with Gasteiger partial charge >= 0.3 is 0 Å². The summed E-state index contributed by atoms with van der Waals surface area (Å²) in [6.07, 6.45) is 1.39. The Hall–Kier alpha value is -2.51. The van der Waals surface area contributed by atoms with Crippen LogP contribution in [0.1, 0.15) is 11.1 Å². The Morgan fingerprint density at radius 2 is 2.08 bits per heavy atom. The molecule has 1 aliphatic rings. The van der Waals surface area contributed by atoms with Crippen LogP contribution in [-0.2, 0) is 11.3 Å². The lowest BCUT2D eigenvalue weighted by molar-refractivity contribution is -0.123. The van der Waals surface area contributed by atoms with Gasteiger partial charge in [0.25, 0.3) is 11.1 Å². The molecule has 0 aromatic heterocycles. The molecule has 26 heavy (non-hydrogen) atoms. The molecule has 2 amide bonds. The molecule has 0 bridgehead atoms. The largest absolute Gasteiger partial charge is 0.507 e. The lowest BCUT2D eigenvalue weighted by atomic mass is 10.1. The van der Waals surface area contributed by atoms with Crippen LogP contribution in [0.2, 0.25) is 5.02 Å². The van der Waals surface area contributed by atoms with Crippen molar-refractivity contribution in [3.63, 3.8) is 0 Å². The third kappa shape index (κ3) is 3.54. The van der Waals surface area contributed by atoms with Crippen LogP contribution in [0.25, 0.3) is 6.08 Å². The molecule has 0 atom stereocenters. The summed E-state index contributed by atoms with van der Waals surface area (Å²) in [5.74, 6) is -0.742. The van der Waals surface area contributed by atoms with Crippen LogP contribution in [0.5, 0.6) is 11.5 Å². The van der Waals surface area contributed by atoms with Gasteiger partial charge in [-0.15, -0.1) is 0 Å². The van der Waals surface area contributed by atoms with Crippen LogP contribution in [0, 0.1) is 5.82 Å². The number of phenols is 1. The van der Waals surface area contributed by atoms with E-state index in [4.69, 9.17) is 16.3 Å². The molecule has 1 saturated heterocycles. The first-order chi connectivity index (χ1) is 12.4. The first-order valence-electron chi connectivity index (χ1n) is 7.46. The van der Waals surface area contributed by atoms with E-state index in [1.54, 1.807) is 6.07 Å². The van der Waals surface area contributed by atoms with Crippen LogP contribution in [0.4, 0.5) is 9.18 Å². The van der Waals surface area contributed by atoms with Crippen molar-refractivity contribution in [1.29, 1.82) is 0 Å². The van der Waals surface area contributed by atoms with Gasteiger partial charge in [-0.05, 0) is 48.2 Å². The standard InChI is InChI=1S/C18H13ClFNO4S/c1-25-11-5-6-15(22)10(7-11)8-16-17(23)21(18(24)26-16)9-12-13(19)3-2-4-14(12)20/h2-8,22H,9H2,1H3/b16-8-. The maximum absolute atomic E-state index is 13.9. The quantitative estimate of drug-likeness (QED) is 0.778. The second kappa shape index (κ2) is 7.39. The van der Waals surface area contributed by atoms with Gasteiger partial charge in [-0.2, -0.15) is 0 Å². The van der Waals surface area contributed by atoms with E-state index < -0.39 is 17.0 Å². The van der Waals surface area contributed by atoms with Crippen molar-refractivity contribution in [2.24, 2.45) is 0 Å². The smallest absolute Gasteiger partial charge is 0.293 e. The summed E-state index contributed by atoms with van der Waals surface area (Å²) in [7, 11) is 1.47. The van der Waals surface area contributed by atoms with Gasteiger partial charge in [0.05, 0.1) is 18.6 Å². The summed E-state index contributed by atoms with van der Waals surface area (Å²) in [6, 6.07) is 8.68. The summed E-state index contributed by atoms with van der Waals surface area (Å²) in [5, 5.41) is 9.53. The average molecular weight is 394 g/mol. The maximum atomic E-state index is 13.9. The predicted octanol–water partition coefficient (Wildman–Crippen LogP) is 4.43. The number of hydrogen-bond acceptors (Lipinski definition) is 5. The zero-order valence-corrected chi connectivity index (χ0v) is 15.1. The highest BCUT2D eigenvalue weighted by molar-refractivity contribution is 8.18. The van der Waals surface area contributed by atoms with Gasteiger partial charge in [0.2, 0.25) is 0 Å². The van der Waals surface area contributed by atoms with Crippen molar-refractivity contribution in [2.45, 2.75) is 6.54 Å². The van der Waals surface area contributed by atoms with Crippen molar-refractivity contribution in [1.82, 2.24) is 4.90 Å². The van der Waals surface area contributed by atoms with E-state index in [1.807, 2.05) is 0 Å². The van der Waals surface area contributed by atoms with Crippen LogP contribution < -0.4 is 4.74 Å². The van der Waals surface area contributed by atoms with Crippen molar-refractivity contribution in [3.8, 4) is 11.5 Å². The number of hydrogen-bond donors (Lipinski definition) is 1. The van der Waals surface area contributed by atoms with E-state index in [0.717, 1.165) is 4.90 Å². The Kier molecular flexibility index (Phi) is 5.20. The second-order valence-corrected chi connectivity index (χ2v) is 6.79. The zero-order valence-electron chi connectivity index (χ0n) is 13.5. The fourth-order valence-corrected chi connectivity index (χ4v) is 3.45.